The van der Waals surface area contributed by atoms with Crippen LogP contribution < -0.4 is 0 Å². The molecule has 1 heteroatoms. The van der Waals surface area contributed by atoms with E-state index in [0.29, 0.717) is 17.4 Å². The van der Waals surface area contributed by atoms with Gasteiger partial charge in [-0.25, -0.2) is 0 Å². The summed E-state index contributed by atoms with van der Waals surface area (Å²) >= 11 is 0. The van der Waals surface area contributed by atoms with Gasteiger partial charge in [-0.3, -0.25) is 0 Å². The monoisotopic (exact) mass is 216 g/mol. The topological polar surface area (TPSA) is 20.2 Å². The van der Waals surface area contributed by atoms with E-state index in [1.807, 2.05) is 0 Å². The van der Waals surface area contributed by atoms with Crippen molar-refractivity contribution >= 4 is 0 Å². The van der Waals surface area contributed by atoms with Crippen molar-refractivity contribution < 1.29 is 5.11 Å². The van der Waals surface area contributed by atoms with Gasteiger partial charge in [0.2, 0.25) is 0 Å². The summed E-state index contributed by atoms with van der Waals surface area (Å²) in [6.07, 6.45) is 4.98. The van der Waals surface area contributed by atoms with Gasteiger partial charge in [0.25, 0.3) is 0 Å². The van der Waals surface area contributed by atoms with Gasteiger partial charge < -0.3 is 5.11 Å². The number of hydrogen-bond donors (Lipinski definition) is 1. The number of aliphatic hydroxyl groups is 1. The fourth-order valence-electron chi connectivity index (χ4n) is 4.19. The van der Waals surface area contributed by atoms with E-state index in [0.717, 1.165) is 0 Å². The van der Waals surface area contributed by atoms with Crippen molar-refractivity contribution in [1.82, 2.24) is 0 Å². The fraction of sp³-hybridized carbons (Fsp3) is 0.600. The average Bonchev–Trinajstić information content (AvgIpc) is 2.07. The first kappa shape index (κ1) is 10.3. The Morgan fingerprint density at radius 2 is 1.56 bits per heavy atom. The van der Waals surface area contributed by atoms with Gasteiger partial charge >= 0.3 is 0 Å². The molecule has 1 N–H and O–H groups in total. The summed E-state index contributed by atoms with van der Waals surface area (Å²) in [6.45, 7) is 4.75. The lowest BCUT2D eigenvalue weighted by Gasteiger charge is -2.70. The summed E-state index contributed by atoms with van der Waals surface area (Å²) in [5.74, 6) is 0. The molecule has 0 aliphatic heterocycles. The number of rotatable bonds is 3. The van der Waals surface area contributed by atoms with Crippen LogP contribution >= 0.6 is 0 Å². The number of aryl methyl sites for hydroxylation is 2. The molecular weight excluding hydrogens is 196 g/mol. The minimum Gasteiger partial charge on any atom is -0.396 e. The Hall–Kier alpha value is -0.820. The van der Waals surface area contributed by atoms with Crippen molar-refractivity contribution in [2.75, 3.05) is 6.61 Å². The van der Waals surface area contributed by atoms with E-state index in [-0.39, 0.29) is 0 Å². The van der Waals surface area contributed by atoms with Crippen molar-refractivity contribution in [3.63, 3.8) is 0 Å². The highest BCUT2D eigenvalue weighted by Crippen LogP contribution is 2.74. The third-order valence-electron chi connectivity index (χ3n) is 4.45. The second-order valence-electron chi connectivity index (χ2n) is 6.36. The molecule has 0 atom stereocenters. The molecule has 0 aromatic heterocycles. The summed E-state index contributed by atoms with van der Waals surface area (Å²) in [5, 5.41) is 9.25. The first-order valence-corrected chi connectivity index (χ1v) is 6.23. The van der Waals surface area contributed by atoms with Crippen molar-refractivity contribution in [3.05, 3.63) is 34.9 Å². The SMILES string of the molecule is Cc1cc(C)cc(CC23CC(CO)(C2)C3)c1. The molecule has 2 bridgehead atoms. The van der Waals surface area contributed by atoms with Crippen LogP contribution in [-0.4, -0.2) is 11.7 Å². The Kier molecular flexibility index (Phi) is 2.00. The molecule has 0 radical (unpaired) electrons. The molecule has 3 fully saturated rings. The standard InChI is InChI=1S/C15H20O/c1-11-3-12(2)5-13(4-11)6-14-7-15(8-14,9-14)10-16/h3-5,16H,6-10H2,1-2H3. The third kappa shape index (κ3) is 1.41. The first-order valence-electron chi connectivity index (χ1n) is 6.23. The van der Waals surface area contributed by atoms with Crippen LogP contribution in [0, 0.1) is 24.7 Å². The van der Waals surface area contributed by atoms with E-state index >= 15 is 0 Å². The summed E-state index contributed by atoms with van der Waals surface area (Å²) < 4.78 is 0. The predicted molar refractivity (Wildman–Crippen MR) is 65.4 cm³/mol. The van der Waals surface area contributed by atoms with Gasteiger partial charge in [0, 0.05) is 6.61 Å². The van der Waals surface area contributed by atoms with Crippen LogP contribution in [0.3, 0.4) is 0 Å². The Balaban J connectivity index is 1.72. The Morgan fingerprint density at radius 3 is 2.06 bits per heavy atom. The minimum atomic E-state index is 0.346. The predicted octanol–water partition coefficient (Wildman–Crippen LogP) is 3.01. The van der Waals surface area contributed by atoms with Crippen LogP contribution in [0.1, 0.15) is 36.0 Å². The number of benzene rings is 1. The molecule has 4 rings (SSSR count). The van der Waals surface area contributed by atoms with Crippen molar-refractivity contribution in [1.29, 1.82) is 0 Å². The van der Waals surface area contributed by atoms with Crippen LogP contribution in [0.4, 0.5) is 0 Å². The molecule has 0 amide bonds. The third-order valence-corrected chi connectivity index (χ3v) is 4.45. The van der Waals surface area contributed by atoms with Crippen molar-refractivity contribution in [2.45, 2.75) is 39.5 Å². The molecule has 3 aliphatic rings. The van der Waals surface area contributed by atoms with Crippen LogP contribution in [-0.2, 0) is 6.42 Å². The average molecular weight is 216 g/mol. The van der Waals surface area contributed by atoms with E-state index in [9.17, 15) is 5.11 Å². The van der Waals surface area contributed by atoms with E-state index in [4.69, 9.17) is 0 Å². The summed E-state index contributed by atoms with van der Waals surface area (Å²) in [6, 6.07) is 6.87. The highest BCUT2D eigenvalue weighted by atomic mass is 16.3. The fourth-order valence-corrected chi connectivity index (χ4v) is 4.19. The maximum atomic E-state index is 9.25. The van der Waals surface area contributed by atoms with E-state index < -0.39 is 0 Å². The molecule has 1 aromatic carbocycles. The molecule has 86 valence electrons. The lowest BCUT2D eigenvalue weighted by Crippen LogP contribution is -2.64. The maximum absolute atomic E-state index is 9.25. The molecule has 16 heavy (non-hydrogen) atoms. The van der Waals surface area contributed by atoms with E-state index in [1.54, 1.807) is 0 Å². The van der Waals surface area contributed by atoms with Gasteiger partial charge in [0.1, 0.15) is 0 Å². The normalized spacial score (nSPS) is 35.4. The number of hydrogen-bond acceptors (Lipinski definition) is 1. The summed E-state index contributed by atoms with van der Waals surface area (Å²) in [4.78, 5) is 0. The van der Waals surface area contributed by atoms with Gasteiger partial charge in [-0.15, -0.1) is 0 Å². The highest BCUT2D eigenvalue weighted by molar-refractivity contribution is 5.31. The lowest BCUT2D eigenvalue weighted by molar-refractivity contribution is -0.222. The first-order chi connectivity index (χ1) is 7.55. The zero-order chi connectivity index (χ0) is 11.4. The van der Waals surface area contributed by atoms with Crippen LogP contribution in [0.15, 0.2) is 18.2 Å². The van der Waals surface area contributed by atoms with Gasteiger partial charge in [0.15, 0.2) is 0 Å². The quantitative estimate of drug-likeness (QED) is 0.823. The second kappa shape index (κ2) is 3.10. The molecule has 0 spiro atoms. The molecule has 1 nitrogen and oxygen atoms in total. The molecule has 3 aliphatic carbocycles. The molecule has 0 saturated heterocycles. The van der Waals surface area contributed by atoms with Gasteiger partial charge in [-0.2, -0.15) is 0 Å². The van der Waals surface area contributed by atoms with Gasteiger partial charge in [0.05, 0.1) is 0 Å². The minimum absolute atomic E-state index is 0.346. The zero-order valence-corrected chi connectivity index (χ0v) is 10.2. The lowest BCUT2D eigenvalue weighted by atomic mass is 9.34. The van der Waals surface area contributed by atoms with Crippen molar-refractivity contribution in [3.8, 4) is 0 Å². The van der Waals surface area contributed by atoms with Gasteiger partial charge in [-0.05, 0) is 55.9 Å². The maximum Gasteiger partial charge on any atom is 0.0488 e. The van der Waals surface area contributed by atoms with Crippen LogP contribution in [0.2, 0.25) is 0 Å². The van der Waals surface area contributed by atoms with E-state index in [1.165, 1.54) is 42.4 Å². The van der Waals surface area contributed by atoms with Crippen LogP contribution in [0.25, 0.3) is 0 Å². The Bertz CT molecular complexity index is 393. The molecule has 1 aromatic rings. The largest absolute Gasteiger partial charge is 0.396 e. The molecular formula is C15H20O. The summed E-state index contributed by atoms with van der Waals surface area (Å²) in [7, 11) is 0. The molecule has 0 unspecified atom stereocenters. The summed E-state index contributed by atoms with van der Waals surface area (Å²) in [5.41, 5.74) is 5.14. The Morgan fingerprint density at radius 1 is 1.00 bits per heavy atom. The van der Waals surface area contributed by atoms with Gasteiger partial charge in [-0.1, -0.05) is 29.3 Å². The molecule has 3 saturated carbocycles. The van der Waals surface area contributed by atoms with Crippen LogP contribution in [0.5, 0.6) is 0 Å². The highest BCUT2D eigenvalue weighted by Gasteiger charge is 2.66. The number of aliphatic hydroxyl groups excluding tert-OH is 1. The Labute approximate surface area is 97.5 Å². The molecule has 0 heterocycles. The second-order valence-corrected chi connectivity index (χ2v) is 6.36. The van der Waals surface area contributed by atoms with Crippen molar-refractivity contribution in [2.24, 2.45) is 10.8 Å². The van der Waals surface area contributed by atoms with E-state index in [2.05, 4.69) is 32.0 Å². The smallest absolute Gasteiger partial charge is 0.0488 e. The zero-order valence-electron chi connectivity index (χ0n) is 10.2.